The van der Waals surface area contributed by atoms with Crippen molar-refractivity contribution in [1.29, 1.82) is 0 Å². The summed E-state index contributed by atoms with van der Waals surface area (Å²) in [4.78, 5) is 0. The van der Waals surface area contributed by atoms with E-state index in [2.05, 4.69) is 47.1 Å². The lowest BCUT2D eigenvalue weighted by molar-refractivity contribution is 0.475. The number of rotatable bonds is 4. The molecule has 0 heterocycles. The fourth-order valence-corrected chi connectivity index (χ4v) is 3.56. The number of halogens is 1. The van der Waals surface area contributed by atoms with Crippen LogP contribution in [0.2, 0.25) is 19.6 Å². The van der Waals surface area contributed by atoms with Crippen LogP contribution in [0.5, 0.6) is 0 Å². The van der Waals surface area contributed by atoms with E-state index in [9.17, 15) is 0 Å². The molecule has 0 aliphatic rings. The molecule has 0 aromatic rings. The first kappa shape index (κ1) is 10.7. The van der Waals surface area contributed by atoms with Crippen molar-refractivity contribution in [3.05, 3.63) is 0 Å². The normalized spacial score (nSPS) is 12.6. The third-order valence-corrected chi connectivity index (χ3v) is 4.48. The van der Waals surface area contributed by atoms with E-state index >= 15 is 0 Å². The summed E-state index contributed by atoms with van der Waals surface area (Å²) in [6.07, 6.45) is 0. The Labute approximate surface area is 74.0 Å². The molecule has 0 atom stereocenters. The number of nitrogens with zero attached hydrogens (tertiary/aromatic N) is 1. The SMILES string of the molecule is CCN(CCBr)[Si](C)(C)C. The Kier molecular flexibility index (Phi) is 4.81. The average molecular weight is 224 g/mol. The van der Waals surface area contributed by atoms with Gasteiger partial charge >= 0.3 is 0 Å². The predicted molar refractivity (Wildman–Crippen MR) is 54.4 cm³/mol. The summed E-state index contributed by atoms with van der Waals surface area (Å²) in [7, 11) is -1.00. The molecule has 10 heavy (non-hydrogen) atoms. The van der Waals surface area contributed by atoms with Gasteiger partial charge in [0.1, 0.15) is 8.24 Å². The van der Waals surface area contributed by atoms with Crippen molar-refractivity contribution in [2.45, 2.75) is 26.6 Å². The summed E-state index contributed by atoms with van der Waals surface area (Å²) < 4.78 is 2.59. The van der Waals surface area contributed by atoms with Crippen LogP contribution < -0.4 is 0 Å². The van der Waals surface area contributed by atoms with E-state index in [1.54, 1.807) is 0 Å². The standard InChI is InChI=1S/C7H18BrNSi/c1-5-9(7-6-8)10(2,3)4/h5-7H2,1-4H3. The molecule has 0 spiro atoms. The first-order valence-electron chi connectivity index (χ1n) is 3.83. The molecule has 0 bridgehead atoms. The van der Waals surface area contributed by atoms with Crippen molar-refractivity contribution in [1.82, 2.24) is 4.57 Å². The molecule has 0 N–H and O–H groups in total. The number of alkyl halides is 1. The van der Waals surface area contributed by atoms with Gasteiger partial charge in [0.15, 0.2) is 0 Å². The third kappa shape index (κ3) is 3.74. The first-order chi connectivity index (χ1) is 4.52. The minimum atomic E-state index is -1.00. The van der Waals surface area contributed by atoms with Crippen LogP contribution in [0, 0.1) is 0 Å². The Bertz CT molecular complexity index is 90.1. The van der Waals surface area contributed by atoms with Crippen LogP contribution in [-0.4, -0.2) is 31.2 Å². The van der Waals surface area contributed by atoms with Gasteiger partial charge in [-0.05, 0) is 6.54 Å². The Hall–Kier alpha value is 0.657. The summed E-state index contributed by atoms with van der Waals surface area (Å²) in [6, 6.07) is 0. The molecule has 0 aromatic carbocycles. The van der Waals surface area contributed by atoms with Crippen LogP contribution in [-0.2, 0) is 0 Å². The van der Waals surface area contributed by atoms with Crippen LogP contribution in [0.4, 0.5) is 0 Å². The highest BCUT2D eigenvalue weighted by Gasteiger charge is 2.20. The Morgan fingerprint density at radius 3 is 1.90 bits per heavy atom. The first-order valence-corrected chi connectivity index (χ1v) is 8.40. The van der Waals surface area contributed by atoms with Crippen molar-refractivity contribution < 1.29 is 0 Å². The maximum absolute atomic E-state index is 3.46. The maximum Gasteiger partial charge on any atom is 0.119 e. The maximum atomic E-state index is 3.46. The average Bonchev–Trinajstić information content (AvgIpc) is 1.80. The molecular formula is C7H18BrNSi. The van der Waals surface area contributed by atoms with E-state index in [-0.39, 0.29) is 0 Å². The lowest BCUT2D eigenvalue weighted by Gasteiger charge is -2.32. The lowest BCUT2D eigenvalue weighted by Crippen LogP contribution is -2.46. The van der Waals surface area contributed by atoms with Gasteiger partial charge in [-0.1, -0.05) is 42.5 Å². The highest BCUT2D eigenvalue weighted by Crippen LogP contribution is 2.08. The summed E-state index contributed by atoms with van der Waals surface area (Å²) in [6.45, 7) is 11.8. The minimum Gasteiger partial charge on any atom is -0.323 e. The van der Waals surface area contributed by atoms with Gasteiger partial charge in [-0.25, -0.2) is 0 Å². The Morgan fingerprint density at radius 2 is 1.80 bits per heavy atom. The van der Waals surface area contributed by atoms with E-state index in [0.717, 1.165) is 5.33 Å². The second-order valence-corrected chi connectivity index (χ2v) is 9.21. The van der Waals surface area contributed by atoms with Gasteiger partial charge in [-0.15, -0.1) is 0 Å². The van der Waals surface area contributed by atoms with Crippen LogP contribution in [0.15, 0.2) is 0 Å². The fourth-order valence-electron chi connectivity index (χ4n) is 1.07. The van der Waals surface area contributed by atoms with Crippen LogP contribution in [0.3, 0.4) is 0 Å². The number of hydrogen-bond acceptors (Lipinski definition) is 1. The van der Waals surface area contributed by atoms with Crippen LogP contribution in [0.25, 0.3) is 0 Å². The molecular weight excluding hydrogens is 206 g/mol. The highest BCUT2D eigenvalue weighted by atomic mass is 79.9. The summed E-state index contributed by atoms with van der Waals surface area (Å²) in [5.41, 5.74) is 0. The van der Waals surface area contributed by atoms with E-state index < -0.39 is 8.24 Å². The number of hydrogen-bond donors (Lipinski definition) is 0. The molecule has 0 unspecified atom stereocenters. The molecule has 0 saturated carbocycles. The third-order valence-electron chi connectivity index (χ3n) is 1.68. The summed E-state index contributed by atoms with van der Waals surface area (Å²) in [5, 5.41) is 1.10. The molecule has 0 aliphatic heterocycles. The van der Waals surface area contributed by atoms with Crippen molar-refractivity contribution >= 4 is 24.2 Å². The second kappa shape index (κ2) is 4.52. The van der Waals surface area contributed by atoms with Crippen LogP contribution in [0.1, 0.15) is 6.92 Å². The van der Waals surface area contributed by atoms with E-state index in [1.165, 1.54) is 13.1 Å². The molecule has 0 saturated heterocycles. The van der Waals surface area contributed by atoms with Crippen molar-refractivity contribution in [2.75, 3.05) is 18.4 Å². The zero-order chi connectivity index (χ0) is 8.20. The topological polar surface area (TPSA) is 3.24 Å². The molecule has 1 nitrogen and oxygen atoms in total. The van der Waals surface area contributed by atoms with Gasteiger partial charge in [0.25, 0.3) is 0 Å². The van der Waals surface area contributed by atoms with Gasteiger partial charge in [-0.3, -0.25) is 0 Å². The van der Waals surface area contributed by atoms with E-state index in [0.29, 0.717) is 0 Å². The molecule has 0 rings (SSSR count). The molecule has 0 amide bonds. The lowest BCUT2D eigenvalue weighted by atomic mass is 10.7. The van der Waals surface area contributed by atoms with Gasteiger partial charge in [0.2, 0.25) is 0 Å². The zero-order valence-electron chi connectivity index (χ0n) is 7.45. The van der Waals surface area contributed by atoms with Gasteiger partial charge < -0.3 is 4.57 Å². The molecule has 62 valence electrons. The molecule has 0 aliphatic carbocycles. The second-order valence-electron chi connectivity index (χ2n) is 3.44. The predicted octanol–water partition coefficient (Wildman–Crippen LogP) is 2.54. The minimum absolute atomic E-state index is 1.00. The van der Waals surface area contributed by atoms with Gasteiger partial charge in [0.05, 0.1) is 0 Å². The molecule has 0 radical (unpaired) electrons. The summed E-state index contributed by atoms with van der Waals surface area (Å²) >= 11 is 3.46. The molecule has 0 aromatic heterocycles. The van der Waals surface area contributed by atoms with Gasteiger partial charge in [-0.2, -0.15) is 0 Å². The monoisotopic (exact) mass is 223 g/mol. The van der Waals surface area contributed by atoms with E-state index in [1.807, 2.05) is 0 Å². The molecule has 0 fully saturated rings. The zero-order valence-corrected chi connectivity index (χ0v) is 10.0. The smallest absolute Gasteiger partial charge is 0.119 e. The largest absolute Gasteiger partial charge is 0.323 e. The Morgan fingerprint density at radius 1 is 1.30 bits per heavy atom. The van der Waals surface area contributed by atoms with Gasteiger partial charge in [0, 0.05) is 11.9 Å². The molecule has 3 heteroatoms. The quantitative estimate of drug-likeness (QED) is 0.524. The van der Waals surface area contributed by atoms with Crippen LogP contribution >= 0.6 is 15.9 Å². The Balaban J connectivity index is 3.81. The van der Waals surface area contributed by atoms with Crippen molar-refractivity contribution in [2.24, 2.45) is 0 Å². The van der Waals surface area contributed by atoms with Crippen molar-refractivity contribution in [3.63, 3.8) is 0 Å². The highest BCUT2D eigenvalue weighted by molar-refractivity contribution is 9.09. The fraction of sp³-hybridized carbons (Fsp3) is 1.00. The summed E-state index contributed by atoms with van der Waals surface area (Å²) in [5.74, 6) is 0. The van der Waals surface area contributed by atoms with E-state index in [4.69, 9.17) is 0 Å². The van der Waals surface area contributed by atoms with Crippen molar-refractivity contribution in [3.8, 4) is 0 Å².